The summed E-state index contributed by atoms with van der Waals surface area (Å²) >= 11 is 6.05. The first-order valence-corrected chi connectivity index (χ1v) is 22.4. The first-order valence-electron chi connectivity index (χ1n) is 22.0. The Balaban J connectivity index is 1.23. The highest BCUT2D eigenvalue weighted by atomic mass is 35.5. The van der Waals surface area contributed by atoms with Gasteiger partial charge in [0.05, 0.1) is 28.6 Å². The number of nitrogens with one attached hydrogen (secondary N) is 1. The number of carbonyl (C=O) groups is 4. The molecule has 1 amide bonds. The molecule has 58 heavy (non-hydrogen) atoms. The van der Waals surface area contributed by atoms with Crippen molar-refractivity contribution in [3.05, 3.63) is 52.3 Å². The van der Waals surface area contributed by atoms with Crippen molar-refractivity contribution in [3.63, 3.8) is 0 Å². The number of ether oxygens (including phenoxy) is 2. The zero-order chi connectivity index (χ0) is 43.0. The van der Waals surface area contributed by atoms with Crippen LogP contribution >= 0.6 is 11.6 Å². The largest absolute Gasteiger partial charge is 0.462 e. The zero-order valence-corrected chi connectivity index (χ0v) is 38.5. The number of ketones is 1. The SMILES string of the molecule is CC(C)C1=C2[C@H]3CC[C@@H]4[C@@]5(C)CC[C@H](OC(=O)CC(C)(C)C(=O)OC(C)(C)C)C(C)(C)[C@@H]5CC[C@@]4(C)[C@]3(C)CC[C@@]2(C=CC(=O)N[C@@H](C)c2ccc(Cl)cn2)CC1=O. The van der Waals surface area contributed by atoms with Gasteiger partial charge in [-0.05, 0) is 162 Å². The van der Waals surface area contributed by atoms with E-state index in [1.807, 2.05) is 33.8 Å². The summed E-state index contributed by atoms with van der Waals surface area (Å²) in [6.07, 6.45) is 13.4. The second kappa shape index (κ2) is 15.2. The summed E-state index contributed by atoms with van der Waals surface area (Å²) in [7, 11) is 0. The molecular weight excluding hydrogens is 748 g/mol. The van der Waals surface area contributed by atoms with Crippen LogP contribution in [0.4, 0.5) is 0 Å². The van der Waals surface area contributed by atoms with Crippen LogP contribution < -0.4 is 5.32 Å². The van der Waals surface area contributed by atoms with E-state index in [4.69, 9.17) is 21.1 Å². The third-order valence-electron chi connectivity index (χ3n) is 16.3. The van der Waals surface area contributed by atoms with Gasteiger partial charge < -0.3 is 14.8 Å². The van der Waals surface area contributed by atoms with Gasteiger partial charge in [0.15, 0.2) is 5.78 Å². The normalized spacial score (nSPS) is 35.1. The van der Waals surface area contributed by atoms with Gasteiger partial charge in [-0.25, -0.2) is 0 Å². The molecule has 0 aromatic carbocycles. The highest BCUT2D eigenvalue weighted by Crippen LogP contribution is 2.77. The van der Waals surface area contributed by atoms with E-state index in [1.165, 1.54) is 5.57 Å². The van der Waals surface area contributed by atoms with E-state index in [0.717, 1.165) is 62.6 Å². The lowest BCUT2D eigenvalue weighted by Crippen LogP contribution is -2.65. The number of fused-ring (bicyclic) bond motifs is 7. The molecule has 0 radical (unpaired) electrons. The quantitative estimate of drug-likeness (QED) is 0.195. The van der Waals surface area contributed by atoms with E-state index in [-0.39, 0.29) is 75.7 Å². The molecule has 1 aromatic heterocycles. The minimum absolute atomic E-state index is 0.0148. The van der Waals surface area contributed by atoms with Crippen LogP contribution in [0.2, 0.25) is 5.02 Å². The maximum absolute atomic E-state index is 14.1. The van der Waals surface area contributed by atoms with Crippen LogP contribution in [-0.2, 0) is 28.7 Å². The number of rotatable bonds is 9. The topological polar surface area (TPSA) is 112 Å². The molecule has 1 heterocycles. The number of hydrogen-bond acceptors (Lipinski definition) is 7. The Bertz CT molecular complexity index is 1870. The minimum Gasteiger partial charge on any atom is -0.462 e. The monoisotopic (exact) mass is 819 g/mol. The van der Waals surface area contributed by atoms with Crippen LogP contribution in [0.5, 0.6) is 0 Å². The van der Waals surface area contributed by atoms with E-state index >= 15 is 0 Å². The van der Waals surface area contributed by atoms with Crippen LogP contribution in [0.25, 0.3) is 0 Å². The molecule has 4 saturated carbocycles. The molecule has 0 spiro atoms. The number of Topliss-reactive ketones (excluding diaryl/α,β-unsaturated/α-hetero) is 1. The van der Waals surface area contributed by atoms with Gasteiger partial charge in [0.25, 0.3) is 0 Å². The Morgan fingerprint density at radius 3 is 2.22 bits per heavy atom. The summed E-state index contributed by atoms with van der Waals surface area (Å²) in [6, 6.07) is 3.31. The van der Waals surface area contributed by atoms with E-state index in [2.05, 4.69) is 64.8 Å². The third-order valence-corrected chi connectivity index (χ3v) is 16.6. The standard InChI is InChI=1S/C49H71ClN2O6/c1-29(2)40-34(53)26-49(23-20-38(54)52-30(3)33-16-14-31(50)28-51-33)25-24-47(12)32(41(40)49)15-17-36-46(11)21-19-37(45(9,10)35(46)18-22-48(36,47)13)57-39(55)27-44(7,8)42(56)58-43(4,5)6/h14,16,20,23,28-30,32,35-37H,15,17-19,21-22,24-27H2,1-13H3,(H,52,54)/t30-,32+,35-,36+,37-,46-,47+,48+,49-/m0/s1. The maximum atomic E-state index is 14.1. The highest BCUT2D eigenvalue weighted by Gasteiger charge is 2.70. The lowest BCUT2D eigenvalue weighted by molar-refractivity contribution is -0.232. The molecule has 1 aromatic rings. The Kier molecular flexibility index (Phi) is 11.7. The van der Waals surface area contributed by atoms with Gasteiger partial charge in [0.1, 0.15) is 11.7 Å². The molecule has 1 N–H and O–H groups in total. The van der Waals surface area contributed by atoms with Crippen molar-refractivity contribution in [3.8, 4) is 0 Å². The van der Waals surface area contributed by atoms with Gasteiger partial charge in [-0.15, -0.1) is 0 Å². The number of halogens is 1. The number of aromatic nitrogens is 1. The van der Waals surface area contributed by atoms with E-state index in [9.17, 15) is 19.2 Å². The maximum Gasteiger partial charge on any atom is 0.312 e. The number of carbonyl (C=O) groups excluding carboxylic acids is 4. The lowest BCUT2D eigenvalue weighted by Gasteiger charge is -2.72. The molecule has 0 aliphatic heterocycles. The number of allylic oxidation sites excluding steroid dienone is 3. The summed E-state index contributed by atoms with van der Waals surface area (Å²) in [4.78, 5) is 58.4. The number of pyridine rings is 1. The van der Waals surface area contributed by atoms with Crippen LogP contribution in [0.3, 0.4) is 0 Å². The van der Waals surface area contributed by atoms with E-state index in [1.54, 1.807) is 32.2 Å². The average Bonchev–Trinajstić information content (AvgIpc) is 3.40. The fourth-order valence-corrected chi connectivity index (χ4v) is 13.4. The van der Waals surface area contributed by atoms with Crippen molar-refractivity contribution in [2.24, 2.45) is 56.2 Å². The van der Waals surface area contributed by atoms with Crippen LogP contribution in [0.15, 0.2) is 41.6 Å². The first-order chi connectivity index (χ1) is 26.7. The minimum atomic E-state index is -0.985. The summed E-state index contributed by atoms with van der Waals surface area (Å²) < 4.78 is 12.0. The molecular formula is C49H71ClN2O6. The fourth-order valence-electron chi connectivity index (χ4n) is 13.3. The molecule has 0 unspecified atom stereocenters. The van der Waals surface area contributed by atoms with Gasteiger partial charge in [0, 0.05) is 23.4 Å². The predicted octanol–water partition coefficient (Wildman–Crippen LogP) is 11.1. The van der Waals surface area contributed by atoms with Gasteiger partial charge in [0.2, 0.25) is 5.91 Å². The second-order valence-electron chi connectivity index (χ2n) is 22.2. The number of esters is 2. The number of amides is 1. The highest BCUT2D eigenvalue weighted by molar-refractivity contribution is 6.30. The van der Waals surface area contributed by atoms with Crippen molar-refractivity contribution < 1.29 is 28.7 Å². The van der Waals surface area contributed by atoms with E-state index < -0.39 is 16.4 Å². The molecule has 320 valence electrons. The van der Waals surface area contributed by atoms with Crippen molar-refractivity contribution in [2.45, 2.75) is 172 Å². The Morgan fingerprint density at radius 2 is 1.60 bits per heavy atom. The zero-order valence-electron chi connectivity index (χ0n) is 37.7. The summed E-state index contributed by atoms with van der Waals surface area (Å²) in [6.45, 7) is 27.5. The lowest BCUT2D eigenvalue weighted by atomic mass is 9.33. The fraction of sp³-hybridized carbons (Fsp3) is 0.735. The Hall–Kier alpha value is -3.00. The van der Waals surface area contributed by atoms with Gasteiger partial charge in [-0.1, -0.05) is 66.1 Å². The van der Waals surface area contributed by atoms with Crippen LogP contribution in [0, 0.1) is 56.2 Å². The molecule has 0 bridgehead atoms. The molecule has 4 fully saturated rings. The summed E-state index contributed by atoms with van der Waals surface area (Å²) in [5, 5.41) is 3.63. The molecule has 6 rings (SSSR count). The molecule has 8 nitrogen and oxygen atoms in total. The molecule has 9 atom stereocenters. The molecule has 0 saturated heterocycles. The van der Waals surface area contributed by atoms with Crippen LogP contribution in [0.1, 0.15) is 166 Å². The van der Waals surface area contributed by atoms with Crippen molar-refractivity contribution >= 4 is 35.2 Å². The number of nitrogens with zero attached hydrogens (tertiary/aromatic N) is 1. The molecule has 9 heteroatoms. The van der Waals surface area contributed by atoms with Crippen molar-refractivity contribution in [1.82, 2.24) is 10.3 Å². The van der Waals surface area contributed by atoms with Crippen LogP contribution in [-0.4, -0.2) is 40.3 Å². The van der Waals surface area contributed by atoms with Gasteiger partial charge >= 0.3 is 11.9 Å². The average molecular weight is 820 g/mol. The number of hydrogen-bond donors (Lipinski definition) is 1. The van der Waals surface area contributed by atoms with Gasteiger partial charge in [-0.3, -0.25) is 24.2 Å². The first kappa shape index (κ1) is 44.5. The molecule has 5 aliphatic rings. The van der Waals surface area contributed by atoms with E-state index in [0.29, 0.717) is 23.3 Å². The Labute approximate surface area is 353 Å². The summed E-state index contributed by atoms with van der Waals surface area (Å²) in [5.74, 6) is 0.555. The smallest absolute Gasteiger partial charge is 0.312 e. The third kappa shape index (κ3) is 7.64. The van der Waals surface area contributed by atoms with Gasteiger partial charge in [-0.2, -0.15) is 0 Å². The van der Waals surface area contributed by atoms with Crippen molar-refractivity contribution in [1.29, 1.82) is 0 Å². The Morgan fingerprint density at radius 1 is 0.914 bits per heavy atom. The second-order valence-corrected chi connectivity index (χ2v) is 22.7. The predicted molar refractivity (Wildman–Crippen MR) is 228 cm³/mol. The van der Waals surface area contributed by atoms with Crippen molar-refractivity contribution in [2.75, 3.05) is 0 Å². The molecule has 5 aliphatic carbocycles. The summed E-state index contributed by atoms with van der Waals surface area (Å²) in [5.41, 5.74) is 0.842.